The fourth-order valence-corrected chi connectivity index (χ4v) is 0.722. The van der Waals surface area contributed by atoms with Gasteiger partial charge in [-0.1, -0.05) is 13.8 Å². The Bertz CT molecular complexity index is 162. The van der Waals surface area contributed by atoms with Crippen molar-refractivity contribution in [1.82, 2.24) is 0 Å². The number of hydrogen-bond acceptors (Lipinski definition) is 2. The average Bonchev–Trinajstić information content (AvgIpc) is 2.00. The Morgan fingerprint density at radius 2 is 2.00 bits per heavy atom. The van der Waals surface area contributed by atoms with Crippen LogP contribution in [0.2, 0.25) is 0 Å². The van der Waals surface area contributed by atoms with Crippen molar-refractivity contribution < 1.29 is 0 Å². The third-order valence-corrected chi connectivity index (χ3v) is 3.02. The summed E-state index contributed by atoms with van der Waals surface area (Å²) >= 11 is 1.82. The molecule has 3 heteroatoms. The van der Waals surface area contributed by atoms with Gasteiger partial charge in [0.1, 0.15) is 0 Å². The van der Waals surface area contributed by atoms with Crippen LogP contribution in [-0.4, -0.2) is 23.4 Å². The maximum atomic E-state index is 5.72. The molecule has 0 bridgehead atoms. The van der Waals surface area contributed by atoms with Crippen molar-refractivity contribution in [3.63, 3.8) is 0 Å². The van der Waals surface area contributed by atoms with E-state index in [0.717, 1.165) is 12.4 Å². The Kier molecular flexibility index (Phi) is 4.68. The first-order valence-electron chi connectivity index (χ1n) is 4.24. The molecule has 72 valence electrons. The minimum absolute atomic E-state index is 0.208. The fraction of sp³-hybridized carbons (Fsp3) is 0.889. The standard InChI is InChI=1S/C9H20N2S/c1-7(2)8(10)11-6-9(3,4)12-5/h7H,6H2,1-5H3,(H2,10,11). The number of nitrogens with two attached hydrogens (primary N) is 1. The molecule has 0 spiro atoms. The monoisotopic (exact) mass is 188 g/mol. The van der Waals surface area contributed by atoms with Crippen LogP contribution in [0.4, 0.5) is 0 Å². The molecule has 0 aliphatic heterocycles. The number of nitrogens with zero attached hydrogens (tertiary/aromatic N) is 1. The van der Waals surface area contributed by atoms with E-state index >= 15 is 0 Å². The molecule has 2 N–H and O–H groups in total. The predicted molar refractivity (Wildman–Crippen MR) is 58.9 cm³/mol. The smallest absolute Gasteiger partial charge is 0.0963 e. The van der Waals surface area contributed by atoms with Crippen LogP contribution in [-0.2, 0) is 0 Å². The third kappa shape index (κ3) is 4.65. The van der Waals surface area contributed by atoms with E-state index in [1.165, 1.54) is 0 Å². The second-order valence-corrected chi connectivity index (χ2v) is 5.37. The molecule has 0 fully saturated rings. The van der Waals surface area contributed by atoms with Crippen molar-refractivity contribution in [3.05, 3.63) is 0 Å². The molecule has 0 aromatic carbocycles. The first-order chi connectivity index (χ1) is 5.39. The predicted octanol–water partition coefficient (Wildman–Crippen LogP) is 2.14. The Morgan fingerprint density at radius 3 is 2.33 bits per heavy atom. The topological polar surface area (TPSA) is 38.4 Å². The molecule has 0 saturated heterocycles. The highest BCUT2D eigenvalue weighted by Gasteiger charge is 2.15. The first kappa shape index (κ1) is 11.8. The molecule has 0 heterocycles. The van der Waals surface area contributed by atoms with Gasteiger partial charge in [-0.2, -0.15) is 11.8 Å². The summed E-state index contributed by atoms with van der Waals surface area (Å²) in [6, 6.07) is 0. The molecule has 0 aliphatic rings. The summed E-state index contributed by atoms with van der Waals surface area (Å²) in [5, 5.41) is 0. The van der Waals surface area contributed by atoms with Crippen LogP contribution in [0, 0.1) is 5.92 Å². The van der Waals surface area contributed by atoms with Gasteiger partial charge in [0.2, 0.25) is 0 Å². The van der Waals surface area contributed by atoms with Crippen LogP contribution in [0.15, 0.2) is 4.99 Å². The lowest BCUT2D eigenvalue weighted by atomic mass is 10.2. The summed E-state index contributed by atoms with van der Waals surface area (Å²) < 4.78 is 0.208. The Morgan fingerprint density at radius 1 is 1.50 bits per heavy atom. The molecule has 0 amide bonds. The summed E-state index contributed by atoms with van der Waals surface area (Å²) in [4.78, 5) is 4.34. The van der Waals surface area contributed by atoms with Crippen molar-refractivity contribution in [3.8, 4) is 0 Å². The first-order valence-corrected chi connectivity index (χ1v) is 5.46. The van der Waals surface area contributed by atoms with Gasteiger partial charge in [-0.05, 0) is 20.1 Å². The van der Waals surface area contributed by atoms with Crippen LogP contribution in [0.25, 0.3) is 0 Å². The lowest BCUT2D eigenvalue weighted by Gasteiger charge is -2.19. The van der Waals surface area contributed by atoms with E-state index in [2.05, 4.69) is 38.9 Å². The van der Waals surface area contributed by atoms with Gasteiger partial charge in [0.15, 0.2) is 0 Å². The van der Waals surface area contributed by atoms with E-state index in [9.17, 15) is 0 Å². The summed E-state index contributed by atoms with van der Waals surface area (Å²) in [5.74, 6) is 1.12. The Labute approximate surface area is 80.0 Å². The van der Waals surface area contributed by atoms with Gasteiger partial charge in [0, 0.05) is 10.7 Å². The quantitative estimate of drug-likeness (QED) is 0.542. The zero-order valence-electron chi connectivity index (χ0n) is 8.72. The van der Waals surface area contributed by atoms with Crippen molar-refractivity contribution in [2.24, 2.45) is 16.6 Å². The number of hydrogen-bond donors (Lipinski definition) is 1. The number of rotatable bonds is 4. The van der Waals surface area contributed by atoms with Gasteiger partial charge < -0.3 is 5.73 Å². The Hall–Kier alpha value is -0.180. The number of aliphatic imine (C=N–C) groups is 1. The highest BCUT2D eigenvalue weighted by molar-refractivity contribution is 7.99. The molecule has 0 aliphatic carbocycles. The van der Waals surface area contributed by atoms with Gasteiger partial charge in [-0.15, -0.1) is 0 Å². The summed E-state index contributed by atoms with van der Waals surface area (Å²) in [6.45, 7) is 9.28. The summed E-state index contributed by atoms with van der Waals surface area (Å²) in [5.41, 5.74) is 5.72. The third-order valence-electron chi connectivity index (χ3n) is 1.79. The van der Waals surface area contributed by atoms with Gasteiger partial charge in [-0.3, -0.25) is 4.99 Å². The van der Waals surface area contributed by atoms with Crippen LogP contribution >= 0.6 is 11.8 Å². The largest absolute Gasteiger partial charge is 0.387 e. The highest BCUT2D eigenvalue weighted by atomic mass is 32.2. The van der Waals surface area contributed by atoms with E-state index in [4.69, 9.17) is 5.73 Å². The highest BCUT2D eigenvalue weighted by Crippen LogP contribution is 2.21. The lowest BCUT2D eigenvalue weighted by Crippen LogP contribution is -2.24. The van der Waals surface area contributed by atoms with E-state index in [-0.39, 0.29) is 4.75 Å². The van der Waals surface area contributed by atoms with Gasteiger partial charge in [0.25, 0.3) is 0 Å². The van der Waals surface area contributed by atoms with Crippen molar-refractivity contribution >= 4 is 17.6 Å². The van der Waals surface area contributed by atoms with Crippen LogP contribution < -0.4 is 5.73 Å². The average molecular weight is 188 g/mol. The second-order valence-electron chi connectivity index (χ2n) is 3.86. The molecule has 12 heavy (non-hydrogen) atoms. The minimum Gasteiger partial charge on any atom is -0.387 e. The second kappa shape index (κ2) is 4.75. The summed E-state index contributed by atoms with van der Waals surface area (Å²) in [7, 11) is 0. The van der Waals surface area contributed by atoms with Crippen LogP contribution in [0.3, 0.4) is 0 Å². The Balaban J connectivity index is 4.03. The SMILES string of the molecule is CSC(C)(C)CN=C(N)C(C)C. The molecule has 0 aromatic heterocycles. The fourth-order valence-electron chi connectivity index (χ4n) is 0.529. The maximum absolute atomic E-state index is 5.72. The van der Waals surface area contributed by atoms with Crippen LogP contribution in [0.1, 0.15) is 27.7 Å². The van der Waals surface area contributed by atoms with Crippen molar-refractivity contribution in [2.45, 2.75) is 32.4 Å². The van der Waals surface area contributed by atoms with E-state index in [1.54, 1.807) is 0 Å². The van der Waals surface area contributed by atoms with Gasteiger partial charge in [-0.25, -0.2) is 0 Å². The zero-order valence-corrected chi connectivity index (χ0v) is 9.53. The molecule has 0 rings (SSSR count). The van der Waals surface area contributed by atoms with E-state index < -0.39 is 0 Å². The van der Waals surface area contributed by atoms with Gasteiger partial charge in [0.05, 0.1) is 12.4 Å². The molecular formula is C9H20N2S. The number of thioether (sulfide) groups is 1. The zero-order chi connectivity index (χ0) is 9.78. The van der Waals surface area contributed by atoms with Gasteiger partial charge >= 0.3 is 0 Å². The van der Waals surface area contributed by atoms with E-state index in [1.807, 2.05) is 11.8 Å². The number of amidine groups is 1. The normalized spacial score (nSPS) is 14.0. The lowest BCUT2D eigenvalue weighted by molar-refractivity contribution is 0.717. The molecule has 0 atom stereocenters. The molecule has 0 radical (unpaired) electrons. The van der Waals surface area contributed by atoms with Crippen molar-refractivity contribution in [2.75, 3.05) is 12.8 Å². The molecule has 0 unspecified atom stereocenters. The molecule has 0 saturated carbocycles. The molecule has 2 nitrogen and oxygen atoms in total. The summed E-state index contributed by atoms with van der Waals surface area (Å²) in [6.07, 6.45) is 2.10. The molecule has 0 aromatic rings. The molecular weight excluding hydrogens is 168 g/mol. The minimum atomic E-state index is 0.208. The maximum Gasteiger partial charge on any atom is 0.0963 e. The van der Waals surface area contributed by atoms with Crippen LogP contribution in [0.5, 0.6) is 0 Å². The van der Waals surface area contributed by atoms with Crippen molar-refractivity contribution in [1.29, 1.82) is 0 Å². The van der Waals surface area contributed by atoms with E-state index in [0.29, 0.717) is 5.92 Å².